The molecule has 0 bridgehead atoms. The molecule has 0 aromatic carbocycles. The van der Waals surface area contributed by atoms with Crippen LogP contribution in [-0.2, 0) is 14.3 Å². The van der Waals surface area contributed by atoms with E-state index in [0.717, 1.165) is 25.7 Å². The molecular formula is C15H20O4. The molecule has 19 heavy (non-hydrogen) atoms. The lowest BCUT2D eigenvalue weighted by atomic mass is 9.50. The summed E-state index contributed by atoms with van der Waals surface area (Å²) in [6.07, 6.45) is 4.16. The first-order valence-corrected chi connectivity index (χ1v) is 7.17. The molecule has 4 nitrogen and oxygen atoms in total. The highest BCUT2D eigenvalue weighted by atomic mass is 16.6. The van der Waals surface area contributed by atoms with Gasteiger partial charge in [-0.1, -0.05) is 13.5 Å². The van der Waals surface area contributed by atoms with Gasteiger partial charge in [0, 0.05) is 16.9 Å². The first kappa shape index (κ1) is 11.9. The van der Waals surface area contributed by atoms with E-state index < -0.39 is 5.60 Å². The molecule has 2 saturated carbocycles. The zero-order valence-electron chi connectivity index (χ0n) is 11.3. The number of hydrogen-bond acceptors (Lipinski definition) is 4. The van der Waals surface area contributed by atoms with Crippen molar-refractivity contribution in [3.05, 3.63) is 12.2 Å². The molecule has 4 fully saturated rings. The Bertz CT molecular complexity index is 481. The van der Waals surface area contributed by atoms with Gasteiger partial charge >= 0.3 is 5.97 Å². The van der Waals surface area contributed by atoms with Gasteiger partial charge in [0.15, 0.2) is 0 Å². The van der Waals surface area contributed by atoms with Gasteiger partial charge < -0.3 is 14.6 Å². The summed E-state index contributed by atoms with van der Waals surface area (Å²) < 4.78 is 11.1. The van der Waals surface area contributed by atoms with Gasteiger partial charge in [0.2, 0.25) is 0 Å². The van der Waals surface area contributed by atoms with Crippen LogP contribution in [0, 0.1) is 11.3 Å². The van der Waals surface area contributed by atoms with Gasteiger partial charge in [-0.15, -0.1) is 0 Å². The summed E-state index contributed by atoms with van der Waals surface area (Å²) in [6.45, 7) is 6.63. The summed E-state index contributed by atoms with van der Waals surface area (Å²) in [6, 6.07) is 0. The second kappa shape index (κ2) is 3.23. The summed E-state index contributed by atoms with van der Waals surface area (Å²) in [4.78, 5) is 11.7. The molecule has 4 heteroatoms. The highest BCUT2D eigenvalue weighted by Gasteiger charge is 2.73. The van der Waals surface area contributed by atoms with Gasteiger partial charge in [0.25, 0.3) is 0 Å². The van der Waals surface area contributed by atoms with E-state index in [9.17, 15) is 9.90 Å². The van der Waals surface area contributed by atoms with Crippen LogP contribution in [0.4, 0.5) is 0 Å². The lowest BCUT2D eigenvalue weighted by Crippen LogP contribution is -2.64. The third kappa shape index (κ3) is 1.24. The highest BCUT2D eigenvalue weighted by Crippen LogP contribution is 2.64. The van der Waals surface area contributed by atoms with Crippen molar-refractivity contribution >= 4 is 5.97 Å². The minimum Gasteiger partial charge on any atom is -0.458 e. The van der Waals surface area contributed by atoms with Crippen molar-refractivity contribution in [1.82, 2.24) is 0 Å². The molecule has 1 N–H and O–H groups in total. The lowest BCUT2D eigenvalue weighted by molar-refractivity contribution is -0.204. The van der Waals surface area contributed by atoms with Crippen molar-refractivity contribution in [2.45, 2.75) is 56.3 Å². The first-order valence-electron chi connectivity index (χ1n) is 7.17. The highest BCUT2D eigenvalue weighted by molar-refractivity contribution is 5.90. The zero-order valence-corrected chi connectivity index (χ0v) is 11.3. The molecule has 0 amide bonds. The Hall–Kier alpha value is -0.870. The predicted molar refractivity (Wildman–Crippen MR) is 67.3 cm³/mol. The second-order valence-electron chi connectivity index (χ2n) is 7.04. The number of fused-ring (bicyclic) bond motifs is 3. The first-order chi connectivity index (χ1) is 8.91. The van der Waals surface area contributed by atoms with Crippen molar-refractivity contribution in [3.63, 3.8) is 0 Å². The van der Waals surface area contributed by atoms with Crippen LogP contribution in [0.25, 0.3) is 0 Å². The molecule has 2 aliphatic heterocycles. The third-order valence-corrected chi connectivity index (χ3v) is 6.14. The van der Waals surface area contributed by atoms with Crippen LogP contribution in [0.15, 0.2) is 12.2 Å². The summed E-state index contributed by atoms with van der Waals surface area (Å²) in [5, 5.41) is 11.4. The second-order valence-corrected chi connectivity index (χ2v) is 7.04. The normalized spacial score (nSPS) is 55.7. The maximum Gasteiger partial charge on any atom is 0.334 e. The number of aliphatic hydroxyl groups is 1. The average Bonchev–Trinajstić information content (AvgIpc) is 3.07. The van der Waals surface area contributed by atoms with E-state index in [1.807, 2.05) is 0 Å². The maximum atomic E-state index is 11.7. The number of esters is 1. The van der Waals surface area contributed by atoms with Crippen LogP contribution < -0.4 is 0 Å². The molecule has 2 heterocycles. The van der Waals surface area contributed by atoms with E-state index in [1.54, 1.807) is 0 Å². The fourth-order valence-corrected chi connectivity index (χ4v) is 4.77. The minimum atomic E-state index is -0.837. The van der Waals surface area contributed by atoms with E-state index in [0.29, 0.717) is 18.6 Å². The third-order valence-electron chi connectivity index (χ3n) is 6.14. The van der Waals surface area contributed by atoms with Crippen molar-refractivity contribution < 1.29 is 19.4 Å². The smallest absolute Gasteiger partial charge is 0.334 e. The Balaban J connectivity index is 1.76. The fraction of sp³-hybridized carbons (Fsp3) is 0.800. The molecule has 5 atom stereocenters. The molecule has 1 spiro atoms. The zero-order chi connectivity index (χ0) is 13.5. The molecule has 5 unspecified atom stereocenters. The van der Waals surface area contributed by atoms with Crippen molar-refractivity contribution in [2.75, 3.05) is 6.61 Å². The van der Waals surface area contributed by atoms with E-state index in [-0.39, 0.29) is 29.0 Å². The SMILES string of the molecule is C=C1C(=O)OC2CC3(C)CCCC4(CO4)C3(O)CC12. The fourth-order valence-electron chi connectivity index (χ4n) is 4.77. The molecule has 0 aromatic rings. The van der Waals surface area contributed by atoms with Crippen LogP contribution in [0.2, 0.25) is 0 Å². The topological polar surface area (TPSA) is 59.1 Å². The largest absolute Gasteiger partial charge is 0.458 e. The molecule has 2 saturated heterocycles. The number of rotatable bonds is 0. The van der Waals surface area contributed by atoms with Crippen molar-refractivity contribution in [3.8, 4) is 0 Å². The van der Waals surface area contributed by atoms with E-state index >= 15 is 0 Å². The molecule has 2 aliphatic carbocycles. The monoisotopic (exact) mass is 264 g/mol. The summed E-state index contributed by atoms with van der Waals surface area (Å²) in [7, 11) is 0. The number of carbonyl (C=O) groups is 1. The average molecular weight is 264 g/mol. The van der Waals surface area contributed by atoms with Gasteiger partial charge in [-0.2, -0.15) is 0 Å². The van der Waals surface area contributed by atoms with Crippen LogP contribution >= 0.6 is 0 Å². The van der Waals surface area contributed by atoms with E-state index in [1.165, 1.54) is 0 Å². The lowest BCUT2D eigenvalue weighted by Gasteiger charge is -2.57. The molecule has 0 aromatic heterocycles. The van der Waals surface area contributed by atoms with Crippen molar-refractivity contribution in [1.29, 1.82) is 0 Å². The Labute approximate surface area is 112 Å². The molecule has 4 aliphatic rings. The number of hydrogen-bond donors (Lipinski definition) is 1. The molecule has 0 radical (unpaired) electrons. The van der Waals surface area contributed by atoms with Crippen LogP contribution in [-0.4, -0.2) is 35.0 Å². The van der Waals surface area contributed by atoms with Crippen LogP contribution in [0.1, 0.15) is 39.0 Å². The van der Waals surface area contributed by atoms with Gasteiger partial charge in [0.1, 0.15) is 17.3 Å². The number of ether oxygens (including phenoxy) is 2. The summed E-state index contributed by atoms with van der Waals surface area (Å²) in [5.41, 5.74) is -0.886. The Morgan fingerprint density at radius 2 is 2.11 bits per heavy atom. The summed E-state index contributed by atoms with van der Waals surface area (Å²) in [5.74, 6) is -0.323. The summed E-state index contributed by atoms with van der Waals surface area (Å²) >= 11 is 0. The predicted octanol–water partition coefficient (Wildman–Crippen LogP) is 1.57. The maximum absolute atomic E-state index is 11.7. The minimum absolute atomic E-state index is 0.0373. The Kier molecular flexibility index (Phi) is 2.03. The van der Waals surface area contributed by atoms with Crippen LogP contribution in [0.3, 0.4) is 0 Å². The number of epoxide rings is 1. The molecule has 104 valence electrons. The van der Waals surface area contributed by atoms with Gasteiger partial charge in [0.05, 0.1) is 6.61 Å². The van der Waals surface area contributed by atoms with Gasteiger partial charge in [-0.05, 0) is 32.1 Å². The van der Waals surface area contributed by atoms with E-state index in [4.69, 9.17) is 9.47 Å². The van der Waals surface area contributed by atoms with Gasteiger partial charge in [-0.3, -0.25) is 0 Å². The van der Waals surface area contributed by atoms with E-state index in [2.05, 4.69) is 13.5 Å². The standard InChI is InChI=1S/C15H20O4/c1-9-10-6-15(17)13(2,7-11(10)19-12(9)16)4-3-5-14(15)8-18-14/h10-11,17H,1,3-8H2,2H3. The number of carbonyl (C=O) groups excluding carboxylic acids is 1. The van der Waals surface area contributed by atoms with Crippen LogP contribution in [0.5, 0.6) is 0 Å². The quantitative estimate of drug-likeness (QED) is 0.410. The molecule has 4 rings (SSSR count). The van der Waals surface area contributed by atoms with Crippen molar-refractivity contribution in [2.24, 2.45) is 11.3 Å². The van der Waals surface area contributed by atoms with Gasteiger partial charge in [-0.25, -0.2) is 4.79 Å². The Morgan fingerprint density at radius 1 is 1.37 bits per heavy atom. The Morgan fingerprint density at radius 3 is 2.79 bits per heavy atom. The molecular weight excluding hydrogens is 244 g/mol.